The van der Waals surface area contributed by atoms with Crippen LogP contribution in [-0.4, -0.2) is 71.6 Å². The molecule has 0 radical (unpaired) electrons. The van der Waals surface area contributed by atoms with E-state index in [1.54, 1.807) is 6.33 Å². The molecule has 164 valence electrons. The predicted molar refractivity (Wildman–Crippen MR) is 115 cm³/mol. The minimum atomic E-state index is -0.224. The van der Waals surface area contributed by atoms with E-state index in [2.05, 4.69) is 32.7 Å². The van der Waals surface area contributed by atoms with Gasteiger partial charge < -0.3 is 19.9 Å². The summed E-state index contributed by atoms with van der Waals surface area (Å²) in [6, 6.07) is 6.81. The zero-order valence-corrected chi connectivity index (χ0v) is 17.9. The van der Waals surface area contributed by atoms with Crippen molar-refractivity contribution in [2.45, 2.75) is 32.9 Å². The van der Waals surface area contributed by atoms with Gasteiger partial charge in [-0.3, -0.25) is 9.89 Å². The van der Waals surface area contributed by atoms with Gasteiger partial charge in [-0.25, -0.2) is 4.39 Å². The summed E-state index contributed by atoms with van der Waals surface area (Å²) in [7, 11) is 0. The Kier molecular flexibility index (Phi) is 8.58. The van der Waals surface area contributed by atoms with Crippen molar-refractivity contribution in [3.63, 3.8) is 0 Å². The smallest absolute Gasteiger partial charge is 0.191 e. The van der Waals surface area contributed by atoms with Gasteiger partial charge in [-0.2, -0.15) is 0 Å². The van der Waals surface area contributed by atoms with Crippen molar-refractivity contribution in [3.8, 4) is 0 Å². The second kappa shape index (κ2) is 11.6. The summed E-state index contributed by atoms with van der Waals surface area (Å²) in [5.41, 5.74) is 1.06. The molecule has 0 spiro atoms. The summed E-state index contributed by atoms with van der Waals surface area (Å²) in [6.45, 7) is 10.1. The van der Waals surface area contributed by atoms with Crippen molar-refractivity contribution in [2.75, 3.05) is 45.9 Å². The normalized spacial score (nSPS) is 16.4. The lowest BCUT2D eigenvalue weighted by molar-refractivity contribution is 0.0179. The Balaban J connectivity index is 1.66. The minimum Gasteiger partial charge on any atom is -0.379 e. The van der Waals surface area contributed by atoms with Gasteiger partial charge in [0.05, 0.1) is 25.8 Å². The van der Waals surface area contributed by atoms with Crippen molar-refractivity contribution in [3.05, 3.63) is 47.8 Å². The molecule has 1 aromatic carbocycles. The highest BCUT2D eigenvalue weighted by atomic mass is 19.1. The first-order valence-corrected chi connectivity index (χ1v) is 10.7. The molecule has 1 saturated heterocycles. The Hall–Kier alpha value is -2.52. The molecule has 0 amide bonds. The Bertz CT molecular complexity index is 787. The molecule has 2 heterocycles. The van der Waals surface area contributed by atoms with E-state index in [1.807, 2.05) is 23.6 Å². The van der Waals surface area contributed by atoms with E-state index in [0.717, 1.165) is 56.5 Å². The monoisotopic (exact) mass is 417 g/mol. The summed E-state index contributed by atoms with van der Waals surface area (Å²) >= 11 is 0. The number of hydrogen-bond donors (Lipinski definition) is 2. The third-order valence-electron chi connectivity index (χ3n) is 5.16. The maximum Gasteiger partial charge on any atom is 0.191 e. The first-order valence-electron chi connectivity index (χ1n) is 10.7. The number of ether oxygens (including phenoxy) is 1. The molecule has 1 unspecified atom stereocenters. The second-order valence-electron chi connectivity index (χ2n) is 7.16. The van der Waals surface area contributed by atoms with Crippen LogP contribution in [0.1, 0.15) is 31.3 Å². The standard InChI is InChI=1S/C21H32FN7O/c1-3-20-27-26-16-29(20)10-9-24-21(23-4-2)25-15-19(28-11-13-30-14-12-28)17-5-7-18(22)8-6-17/h5-8,16,19H,3-4,9-15H2,1-2H3,(H2,23,24,25). The molecule has 1 atom stereocenters. The van der Waals surface area contributed by atoms with Crippen molar-refractivity contribution in [1.29, 1.82) is 0 Å². The summed E-state index contributed by atoms with van der Waals surface area (Å²) in [5.74, 6) is 1.52. The lowest BCUT2D eigenvalue weighted by atomic mass is 10.0. The highest BCUT2D eigenvalue weighted by Gasteiger charge is 2.22. The van der Waals surface area contributed by atoms with Crippen LogP contribution in [0.4, 0.5) is 4.39 Å². The summed E-state index contributed by atoms with van der Waals surface area (Å²) < 4.78 is 21.0. The number of rotatable bonds is 9. The van der Waals surface area contributed by atoms with E-state index >= 15 is 0 Å². The van der Waals surface area contributed by atoms with Gasteiger partial charge in [0.25, 0.3) is 0 Å². The number of guanidine groups is 1. The van der Waals surface area contributed by atoms with Crippen molar-refractivity contribution in [2.24, 2.45) is 4.99 Å². The molecule has 3 rings (SSSR count). The van der Waals surface area contributed by atoms with E-state index < -0.39 is 0 Å². The molecule has 9 heteroatoms. The number of hydrogen-bond acceptors (Lipinski definition) is 5. The molecule has 1 fully saturated rings. The Labute approximate surface area is 177 Å². The van der Waals surface area contributed by atoms with Crippen LogP contribution in [0.15, 0.2) is 35.6 Å². The van der Waals surface area contributed by atoms with Crippen molar-refractivity contribution >= 4 is 5.96 Å². The summed E-state index contributed by atoms with van der Waals surface area (Å²) in [6.07, 6.45) is 2.61. The van der Waals surface area contributed by atoms with Crippen molar-refractivity contribution < 1.29 is 9.13 Å². The highest BCUT2D eigenvalue weighted by molar-refractivity contribution is 5.79. The van der Waals surface area contributed by atoms with Gasteiger partial charge in [0.1, 0.15) is 18.0 Å². The van der Waals surface area contributed by atoms with Gasteiger partial charge in [0, 0.05) is 39.1 Å². The molecule has 0 bridgehead atoms. The Morgan fingerprint density at radius 3 is 2.67 bits per heavy atom. The SMILES string of the molecule is CCNC(=NCC(c1ccc(F)cc1)N1CCOCC1)NCCn1cnnc1CC. The van der Waals surface area contributed by atoms with Crippen LogP contribution in [-0.2, 0) is 17.7 Å². The molecule has 2 N–H and O–H groups in total. The van der Waals surface area contributed by atoms with Crippen LogP contribution in [0.3, 0.4) is 0 Å². The molecule has 8 nitrogen and oxygen atoms in total. The molecule has 30 heavy (non-hydrogen) atoms. The van der Waals surface area contributed by atoms with Crippen LogP contribution >= 0.6 is 0 Å². The number of morpholine rings is 1. The van der Waals surface area contributed by atoms with E-state index in [-0.39, 0.29) is 11.9 Å². The van der Waals surface area contributed by atoms with E-state index in [4.69, 9.17) is 9.73 Å². The predicted octanol–water partition coefficient (Wildman–Crippen LogP) is 1.61. The molecule has 0 aliphatic carbocycles. The molecule has 0 saturated carbocycles. The Morgan fingerprint density at radius 1 is 1.20 bits per heavy atom. The van der Waals surface area contributed by atoms with Gasteiger partial charge in [0.2, 0.25) is 0 Å². The van der Waals surface area contributed by atoms with Crippen LogP contribution in [0.5, 0.6) is 0 Å². The van der Waals surface area contributed by atoms with E-state index in [9.17, 15) is 4.39 Å². The van der Waals surface area contributed by atoms with Gasteiger partial charge in [0.15, 0.2) is 5.96 Å². The second-order valence-corrected chi connectivity index (χ2v) is 7.16. The fourth-order valence-corrected chi connectivity index (χ4v) is 3.56. The fraction of sp³-hybridized carbons (Fsp3) is 0.571. The number of aromatic nitrogens is 3. The minimum absolute atomic E-state index is 0.0782. The average Bonchev–Trinajstić information content (AvgIpc) is 3.23. The number of nitrogens with one attached hydrogen (secondary N) is 2. The largest absolute Gasteiger partial charge is 0.379 e. The van der Waals surface area contributed by atoms with Crippen LogP contribution in [0, 0.1) is 5.82 Å². The topological polar surface area (TPSA) is 79.6 Å². The zero-order chi connectivity index (χ0) is 21.2. The molecular weight excluding hydrogens is 385 g/mol. The number of aryl methyl sites for hydroxylation is 1. The van der Waals surface area contributed by atoms with Crippen molar-refractivity contribution in [1.82, 2.24) is 30.3 Å². The first-order chi connectivity index (χ1) is 14.7. The van der Waals surface area contributed by atoms with Gasteiger partial charge >= 0.3 is 0 Å². The highest BCUT2D eigenvalue weighted by Crippen LogP contribution is 2.22. The van der Waals surface area contributed by atoms with E-state index in [1.165, 1.54) is 12.1 Å². The lowest BCUT2D eigenvalue weighted by Crippen LogP contribution is -2.42. The fourth-order valence-electron chi connectivity index (χ4n) is 3.56. The van der Waals surface area contributed by atoms with Gasteiger partial charge in [-0.05, 0) is 24.6 Å². The average molecular weight is 418 g/mol. The first kappa shape index (κ1) is 22.2. The zero-order valence-electron chi connectivity index (χ0n) is 17.9. The van der Waals surface area contributed by atoms with E-state index in [0.29, 0.717) is 19.8 Å². The number of benzene rings is 1. The molecular formula is C21H32FN7O. The van der Waals surface area contributed by atoms with Gasteiger partial charge in [-0.1, -0.05) is 19.1 Å². The van der Waals surface area contributed by atoms with Crippen LogP contribution in [0.2, 0.25) is 0 Å². The quantitative estimate of drug-likeness (QED) is 0.477. The Morgan fingerprint density at radius 2 is 1.97 bits per heavy atom. The molecule has 1 aliphatic heterocycles. The summed E-state index contributed by atoms with van der Waals surface area (Å²) in [5, 5.41) is 14.8. The van der Waals surface area contributed by atoms with Crippen LogP contribution < -0.4 is 10.6 Å². The molecule has 1 aliphatic rings. The van der Waals surface area contributed by atoms with Gasteiger partial charge in [-0.15, -0.1) is 10.2 Å². The molecule has 1 aromatic heterocycles. The summed E-state index contributed by atoms with van der Waals surface area (Å²) in [4.78, 5) is 7.18. The maximum absolute atomic E-state index is 13.4. The third kappa shape index (κ3) is 6.24. The third-order valence-corrected chi connectivity index (χ3v) is 5.16. The number of nitrogens with zero attached hydrogens (tertiary/aromatic N) is 5. The number of halogens is 1. The maximum atomic E-state index is 13.4. The lowest BCUT2D eigenvalue weighted by Gasteiger charge is -2.34. The van der Waals surface area contributed by atoms with Crippen LogP contribution in [0.25, 0.3) is 0 Å². The number of aliphatic imine (C=N–C) groups is 1. The molecule has 2 aromatic rings.